The van der Waals surface area contributed by atoms with Gasteiger partial charge in [0.25, 0.3) is 0 Å². The van der Waals surface area contributed by atoms with Crippen LogP contribution >= 0.6 is 0 Å². The topological polar surface area (TPSA) is 65.4 Å². The highest BCUT2D eigenvalue weighted by atomic mass is 16.5. The van der Waals surface area contributed by atoms with Gasteiger partial charge in [0.1, 0.15) is 18.0 Å². The Labute approximate surface area is 186 Å². The fourth-order valence-corrected chi connectivity index (χ4v) is 4.30. The van der Waals surface area contributed by atoms with Crippen LogP contribution in [0.3, 0.4) is 0 Å². The zero-order valence-electron chi connectivity index (χ0n) is 18.2. The summed E-state index contributed by atoms with van der Waals surface area (Å²) < 4.78 is 12.9. The molecule has 0 atom stereocenters. The molecule has 162 valence electrons. The number of nitrogens with zero attached hydrogens (tertiary/aromatic N) is 2. The Balaban J connectivity index is 1.37. The second kappa shape index (κ2) is 8.38. The van der Waals surface area contributed by atoms with Gasteiger partial charge in [0.05, 0.1) is 30.6 Å². The van der Waals surface area contributed by atoms with Crippen LogP contribution in [0.25, 0.3) is 11.0 Å². The largest absolute Gasteiger partial charge is 0.497 e. The number of pyridine rings is 2. The Morgan fingerprint density at radius 1 is 1.09 bits per heavy atom. The SMILES string of the molecule is COc1ccc(COc2cn(C)c3ncc(NC4Cc5ccccc5C4)cc3c2=O)cc1. The van der Waals surface area contributed by atoms with Gasteiger partial charge in [0.2, 0.25) is 5.43 Å². The van der Waals surface area contributed by atoms with Gasteiger partial charge in [-0.3, -0.25) is 4.79 Å². The smallest absolute Gasteiger partial charge is 0.232 e. The maximum Gasteiger partial charge on any atom is 0.232 e. The number of rotatable bonds is 6. The molecule has 2 heterocycles. The van der Waals surface area contributed by atoms with Crippen molar-refractivity contribution in [1.82, 2.24) is 9.55 Å². The molecule has 0 saturated carbocycles. The van der Waals surface area contributed by atoms with Gasteiger partial charge < -0.3 is 19.4 Å². The van der Waals surface area contributed by atoms with Crippen molar-refractivity contribution in [1.29, 1.82) is 0 Å². The molecule has 0 saturated heterocycles. The number of hydrogen-bond acceptors (Lipinski definition) is 5. The summed E-state index contributed by atoms with van der Waals surface area (Å²) >= 11 is 0. The number of methoxy groups -OCH3 is 1. The van der Waals surface area contributed by atoms with E-state index < -0.39 is 0 Å². The molecule has 0 bridgehead atoms. The van der Waals surface area contributed by atoms with E-state index in [1.807, 2.05) is 41.9 Å². The van der Waals surface area contributed by atoms with Gasteiger partial charge in [-0.05, 0) is 47.7 Å². The van der Waals surface area contributed by atoms with Crippen molar-refractivity contribution in [3.8, 4) is 11.5 Å². The van der Waals surface area contributed by atoms with E-state index in [9.17, 15) is 4.79 Å². The van der Waals surface area contributed by atoms with Gasteiger partial charge in [0.15, 0.2) is 5.75 Å². The number of benzene rings is 2. The number of nitrogens with one attached hydrogen (secondary N) is 1. The lowest BCUT2D eigenvalue weighted by Gasteiger charge is -2.15. The number of aromatic nitrogens is 2. The zero-order chi connectivity index (χ0) is 22.1. The van der Waals surface area contributed by atoms with E-state index in [2.05, 4.69) is 34.6 Å². The van der Waals surface area contributed by atoms with Crippen LogP contribution < -0.4 is 20.2 Å². The van der Waals surface area contributed by atoms with Gasteiger partial charge in [-0.2, -0.15) is 0 Å². The molecular weight excluding hydrogens is 402 g/mol. The predicted octanol–water partition coefficient (Wildman–Crippen LogP) is 4.10. The number of hydrogen-bond donors (Lipinski definition) is 1. The van der Waals surface area contributed by atoms with E-state index in [0.29, 0.717) is 29.4 Å². The standard InChI is InChI=1S/C26H25N3O3/c1-29-15-24(32-16-17-7-9-22(31-2)10-8-17)25(30)23-13-21(14-27-26(23)29)28-20-11-18-5-3-4-6-19(18)12-20/h3-10,13-15,20,28H,11-12,16H2,1-2H3. The Bertz CT molecular complexity index is 1300. The number of fused-ring (bicyclic) bond motifs is 2. The molecule has 32 heavy (non-hydrogen) atoms. The van der Waals surface area contributed by atoms with Crippen LogP contribution in [0.1, 0.15) is 16.7 Å². The molecule has 1 aliphatic carbocycles. The highest BCUT2D eigenvalue weighted by Gasteiger charge is 2.21. The average Bonchev–Trinajstić information content (AvgIpc) is 3.23. The van der Waals surface area contributed by atoms with E-state index in [-0.39, 0.29) is 5.43 Å². The molecule has 2 aromatic carbocycles. The summed E-state index contributed by atoms with van der Waals surface area (Å²) in [6, 6.07) is 18.3. The van der Waals surface area contributed by atoms with Crippen molar-refractivity contribution < 1.29 is 9.47 Å². The molecular formula is C26H25N3O3. The molecule has 4 aromatic rings. The summed E-state index contributed by atoms with van der Waals surface area (Å²) in [5.74, 6) is 1.09. The minimum absolute atomic E-state index is 0.155. The molecule has 6 nitrogen and oxygen atoms in total. The van der Waals surface area contributed by atoms with Crippen LogP contribution in [0.2, 0.25) is 0 Å². The van der Waals surface area contributed by atoms with Crippen molar-refractivity contribution in [3.05, 3.63) is 93.9 Å². The highest BCUT2D eigenvalue weighted by molar-refractivity contribution is 5.80. The van der Waals surface area contributed by atoms with E-state index >= 15 is 0 Å². The molecule has 0 unspecified atom stereocenters. The van der Waals surface area contributed by atoms with Gasteiger partial charge in [-0.25, -0.2) is 4.98 Å². The fourth-order valence-electron chi connectivity index (χ4n) is 4.30. The lowest BCUT2D eigenvalue weighted by atomic mass is 10.1. The molecule has 1 N–H and O–H groups in total. The second-order valence-electron chi connectivity index (χ2n) is 8.18. The van der Waals surface area contributed by atoms with Crippen molar-refractivity contribution >= 4 is 16.7 Å². The Hall–Kier alpha value is -3.80. The predicted molar refractivity (Wildman–Crippen MR) is 126 cm³/mol. The summed E-state index contributed by atoms with van der Waals surface area (Å²) in [5, 5.41) is 4.09. The van der Waals surface area contributed by atoms with E-state index in [1.54, 1.807) is 19.5 Å². The van der Waals surface area contributed by atoms with Crippen LogP contribution in [-0.2, 0) is 26.5 Å². The van der Waals surface area contributed by atoms with Crippen molar-refractivity contribution in [2.45, 2.75) is 25.5 Å². The van der Waals surface area contributed by atoms with Crippen LogP contribution in [0.15, 0.2) is 71.8 Å². The molecule has 0 radical (unpaired) electrons. The Morgan fingerprint density at radius 3 is 2.50 bits per heavy atom. The maximum absolute atomic E-state index is 13.1. The first-order valence-corrected chi connectivity index (χ1v) is 10.7. The summed E-state index contributed by atoms with van der Waals surface area (Å²) in [6.07, 6.45) is 5.43. The van der Waals surface area contributed by atoms with E-state index in [1.165, 1.54) is 11.1 Å². The molecule has 1 aliphatic rings. The summed E-state index contributed by atoms with van der Waals surface area (Å²) in [7, 11) is 3.50. The van der Waals surface area contributed by atoms with Crippen LogP contribution in [0.5, 0.6) is 11.5 Å². The van der Waals surface area contributed by atoms with Gasteiger partial charge in [0, 0.05) is 13.1 Å². The van der Waals surface area contributed by atoms with E-state index in [0.717, 1.165) is 29.8 Å². The minimum Gasteiger partial charge on any atom is -0.497 e. The lowest BCUT2D eigenvalue weighted by Crippen LogP contribution is -2.20. The normalized spacial score (nSPS) is 13.2. The van der Waals surface area contributed by atoms with Crippen LogP contribution in [0.4, 0.5) is 5.69 Å². The Kier molecular flexibility index (Phi) is 5.27. The molecule has 0 spiro atoms. The molecule has 5 rings (SSSR count). The minimum atomic E-state index is -0.155. The van der Waals surface area contributed by atoms with Gasteiger partial charge in [-0.15, -0.1) is 0 Å². The van der Waals surface area contributed by atoms with Gasteiger partial charge >= 0.3 is 0 Å². The molecule has 0 amide bonds. The number of aryl methyl sites for hydroxylation is 1. The second-order valence-corrected chi connectivity index (χ2v) is 8.18. The fraction of sp³-hybridized carbons (Fsp3) is 0.231. The first-order chi connectivity index (χ1) is 15.6. The van der Waals surface area contributed by atoms with Crippen molar-refractivity contribution in [2.24, 2.45) is 7.05 Å². The van der Waals surface area contributed by atoms with Crippen LogP contribution in [-0.4, -0.2) is 22.7 Å². The van der Waals surface area contributed by atoms with Crippen molar-refractivity contribution in [3.63, 3.8) is 0 Å². The highest BCUT2D eigenvalue weighted by Crippen LogP contribution is 2.25. The lowest BCUT2D eigenvalue weighted by molar-refractivity contribution is 0.301. The summed E-state index contributed by atoms with van der Waals surface area (Å²) in [5.41, 5.74) is 5.04. The molecule has 6 heteroatoms. The molecule has 2 aromatic heterocycles. The monoisotopic (exact) mass is 427 g/mol. The number of anilines is 1. The summed E-state index contributed by atoms with van der Waals surface area (Å²) in [6.45, 7) is 0.302. The first-order valence-electron chi connectivity index (χ1n) is 10.7. The first kappa shape index (κ1) is 20.1. The van der Waals surface area contributed by atoms with E-state index in [4.69, 9.17) is 9.47 Å². The summed E-state index contributed by atoms with van der Waals surface area (Å²) in [4.78, 5) is 17.7. The molecule has 0 fully saturated rings. The van der Waals surface area contributed by atoms with Crippen LogP contribution in [0, 0.1) is 0 Å². The third-order valence-electron chi connectivity index (χ3n) is 5.96. The Morgan fingerprint density at radius 2 is 1.81 bits per heavy atom. The van der Waals surface area contributed by atoms with Gasteiger partial charge in [-0.1, -0.05) is 36.4 Å². The molecule has 0 aliphatic heterocycles. The quantitative estimate of drug-likeness (QED) is 0.502. The number of ether oxygens (including phenoxy) is 2. The third-order valence-corrected chi connectivity index (χ3v) is 5.96. The maximum atomic E-state index is 13.1. The van der Waals surface area contributed by atoms with Crippen molar-refractivity contribution in [2.75, 3.05) is 12.4 Å². The third kappa shape index (κ3) is 3.91. The average molecular weight is 428 g/mol. The zero-order valence-corrected chi connectivity index (χ0v) is 18.2.